The molecule has 0 radical (unpaired) electrons. The van der Waals surface area contributed by atoms with E-state index in [-0.39, 0.29) is 6.54 Å². The number of rotatable bonds is 5. The van der Waals surface area contributed by atoms with E-state index in [0.29, 0.717) is 36.8 Å². The van der Waals surface area contributed by atoms with Crippen LogP contribution in [0.1, 0.15) is 36.8 Å². The second kappa shape index (κ2) is 7.03. The van der Waals surface area contributed by atoms with Crippen LogP contribution in [0.25, 0.3) is 0 Å². The first-order valence-corrected chi connectivity index (χ1v) is 8.66. The Hall–Kier alpha value is -1.72. The molecule has 3 unspecified atom stereocenters. The summed E-state index contributed by atoms with van der Waals surface area (Å²) < 4.78 is 36.8. The van der Waals surface area contributed by atoms with E-state index in [2.05, 4.69) is 39.9 Å². The quantitative estimate of drug-likeness (QED) is 0.637. The zero-order chi connectivity index (χ0) is 17.2. The van der Waals surface area contributed by atoms with Gasteiger partial charge in [-0.3, -0.25) is 4.99 Å². The molecule has 132 valence electrons. The number of nitrogens with one attached hydrogen (secondary N) is 2. The number of hydrogen-bond donors (Lipinski definition) is 2. The summed E-state index contributed by atoms with van der Waals surface area (Å²) in [5.41, 5.74) is 2.89. The van der Waals surface area contributed by atoms with Crippen LogP contribution in [0.2, 0.25) is 0 Å². The minimum absolute atomic E-state index is 0.143. The molecular weight excluding hydrogens is 315 g/mol. The predicted molar refractivity (Wildman–Crippen MR) is 89.1 cm³/mol. The lowest BCUT2D eigenvalue weighted by atomic mass is 9.92. The van der Waals surface area contributed by atoms with Crippen LogP contribution in [0.15, 0.2) is 29.3 Å². The van der Waals surface area contributed by atoms with Crippen molar-refractivity contribution in [2.75, 3.05) is 19.6 Å². The van der Waals surface area contributed by atoms with Gasteiger partial charge in [-0.2, -0.15) is 13.2 Å². The molecule has 3 rings (SSSR count). The first-order chi connectivity index (χ1) is 11.5. The Morgan fingerprint density at radius 1 is 1.25 bits per heavy atom. The number of hydrogen-bond acceptors (Lipinski definition) is 1. The van der Waals surface area contributed by atoms with Gasteiger partial charge in [0.15, 0.2) is 5.96 Å². The number of nitrogens with zero attached hydrogens (tertiary/aromatic N) is 1. The third kappa shape index (κ3) is 4.02. The van der Waals surface area contributed by atoms with Crippen LogP contribution in [0.4, 0.5) is 13.2 Å². The van der Waals surface area contributed by atoms with Crippen LogP contribution < -0.4 is 10.6 Å². The molecular formula is C18H24F3N3. The summed E-state index contributed by atoms with van der Waals surface area (Å²) >= 11 is 0. The normalized spacial score (nSPS) is 25.7. The fourth-order valence-electron chi connectivity index (χ4n) is 3.82. The topological polar surface area (TPSA) is 36.4 Å². The van der Waals surface area contributed by atoms with Crippen LogP contribution in [0.5, 0.6) is 0 Å². The second-order valence-electron chi connectivity index (χ2n) is 6.60. The molecule has 2 aliphatic rings. The Balaban J connectivity index is 1.56. The molecule has 1 fully saturated rings. The molecule has 24 heavy (non-hydrogen) atoms. The second-order valence-corrected chi connectivity index (χ2v) is 6.60. The highest BCUT2D eigenvalue weighted by Gasteiger charge is 2.52. The van der Waals surface area contributed by atoms with Gasteiger partial charge in [0.1, 0.15) is 0 Å². The molecule has 2 aliphatic carbocycles. The maximum absolute atomic E-state index is 12.3. The van der Waals surface area contributed by atoms with Crippen LogP contribution in [-0.2, 0) is 6.42 Å². The van der Waals surface area contributed by atoms with Gasteiger partial charge in [-0.15, -0.1) is 0 Å². The smallest absolute Gasteiger partial charge is 0.357 e. The van der Waals surface area contributed by atoms with E-state index in [1.54, 1.807) is 0 Å². The summed E-state index contributed by atoms with van der Waals surface area (Å²) in [5.74, 6) is 2.27. The molecule has 0 aliphatic heterocycles. The molecule has 0 spiro atoms. The van der Waals surface area contributed by atoms with Crippen LogP contribution in [-0.4, -0.2) is 31.8 Å². The zero-order valence-corrected chi connectivity index (χ0v) is 13.9. The summed E-state index contributed by atoms with van der Waals surface area (Å²) in [6, 6.07) is 8.58. The average molecular weight is 339 g/mol. The third-order valence-electron chi connectivity index (χ3n) is 5.00. The minimum atomic E-state index is -4.14. The van der Waals surface area contributed by atoms with Crippen LogP contribution in [0, 0.1) is 11.8 Å². The molecule has 0 amide bonds. The van der Waals surface area contributed by atoms with Crippen molar-refractivity contribution >= 4 is 5.96 Å². The van der Waals surface area contributed by atoms with Gasteiger partial charge < -0.3 is 10.6 Å². The van der Waals surface area contributed by atoms with Crippen molar-refractivity contribution in [3.8, 4) is 0 Å². The van der Waals surface area contributed by atoms with E-state index in [4.69, 9.17) is 0 Å². The molecule has 3 atom stereocenters. The van der Waals surface area contributed by atoms with Crippen molar-refractivity contribution in [2.45, 2.75) is 38.3 Å². The summed E-state index contributed by atoms with van der Waals surface area (Å²) in [5, 5.41) is 5.80. The highest BCUT2D eigenvalue weighted by Crippen LogP contribution is 2.59. The fraction of sp³-hybridized carbons (Fsp3) is 0.611. The Bertz CT molecular complexity index is 597. The highest BCUT2D eigenvalue weighted by atomic mass is 19.4. The van der Waals surface area contributed by atoms with Gasteiger partial charge in [-0.25, -0.2) is 0 Å². The van der Waals surface area contributed by atoms with E-state index >= 15 is 0 Å². The first kappa shape index (κ1) is 17.1. The molecule has 0 aromatic heterocycles. The predicted octanol–water partition coefficient (Wildman–Crippen LogP) is 3.47. The standard InChI is InChI=1S/C18H24F3N3/c1-2-22-17(23-10-9-18(19,20)21)24-11-15-14-8-7-12-5-3-4-6-13(12)16(14)15/h3-6,14-16H,2,7-11H2,1H3,(H2,22,23,24). The molecule has 1 saturated carbocycles. The molecule has 0 saturated heterocycles. The van der Waals surface area contributed by atoms with Crippen molar-refractivity contribution in [1.29, 1.82) is 0 Å². The largest absolute Gasteiger partial charge is 0.390 e. The summed E-state index contributed by atoms with van der Waals surface area (Å²) in [6.07, 6.45) is -2.67. The lowest BCUT2D eigenvalue weighted by Crippen LogP contribution is -2.39. The van der Waals surface area contributed by atoms with Crippen molar-refractivity contribution in [3.63, 3.8) is 0 Å². The SMILES string of the molecule is CCNC(=NCC1C2CCc3ccccc3C21)NCCC(F)(F)F. The Morgan fingerprint density at radius 3 is 2.79 bits per heavy atom. The molecule has 1 aromatic rings. The first-order valence-electron chi connectivity index (χ1n) is 8.66. The minimum Gasteiger partial charge on any atom is -0.357 e. The van der Waals surface area contributed by atoms with Gasteiger partial charge in [0.05, 0.1) is 6.42 Å². The van der Waals surface area contributed by atoms with Gasteiger partial charge >= 0.3 is 6.18 Å². The average Bonchev–Trinajstić information content (AvgIpc) is 3.25. The number of guanidine groups is 1. The summed E-state index contributed by atoms with van der Waals surface area (Å²) in [4.78, 5) is 4.52. The van der Waals surface area contributed by atoms with Gasteiger partial charge in [-0.05, 0) is 48.6 Å². The number of aryl methyl sites for hydroxylation is 1. The summed E-state index contributed by atoms with van der Waals surface area (Å²) in [6.45, 7) is 3.08. The van der Waals surface area contributed by atoms with E-state index in [0.717, 1.165) is 6.42 Å². The van der Waals surface area contributed by atoms with Crippen molar-refractivity contribution in [1.82, 2.24) is 10.6 Å². The van der Waals surface area contributed by atoms with Gasteiger partial charge in [0.2, 0.25) is 0 Å². The fourth-order valence-corrected chi connectivity index (χ4v) is 3.82. The Labute approximate surface area is 140 Å². The zero-order valence-electron chi connectivity index (χ0n) is 13.9. The van der Waals surface area contributed by atoms with Crippen LogP contribution >= 0.6 is 0 Å². The number of benzene rings is 1. The van der Waals surface area contributed by atoms with Crippen molar-refractivity contribution in [2.24, 2.45) is 16.8 Å². The van der Waals surface area contributed by atoms with E-state index < -0.39 is 12.6 Å². The van der Waals surface area contributed by atoms with Crippen LogP contribution in [0.3, 0.4) is 0 Å². The Kier molecular flexibility index (Phi) is 5.01. The lowest BCUT2D eigenvalue weighted by Gasteiger charge is -2.13. The van der Waals surface area contributed by atoms with Gasteiger partial charge in [0, 0.05) is 19.6 Å². The lowest BCUT2D eigenvalue weighted by molar-refractivity contribution is -0.132. The number of fused-ring (bicyclic) bond motifs is 3. The van der Waals surface area contributed by atoms with E-state index in [9.17, 15) is 13.2 Å². The molecule has 0 heterocycles. The van der Waals surface area contributed by atoms with E-state index in [1.807, 2.05) is 6.92 Å². The molecule has 3 nitrogen and oxygen atoms in total. The van der Waals surface area contributed by atoms with E-state index in [1.165, 1.54) is 17.5 Å². The maximum atomic E-state index is 12.3. The van der Waals surface area contributed by atoms with Gasteiger partial charge in [0.25, 0.3) is 0 Å². The summed E-state index contributed by atoms with van der Waals surface area (Å²) in [7, 11) is 0. The maximum Gasteiger partial charge on any atom is 0.390 e. The van der Waals surface area contributed by atoms with Crippen molar-refractivity contribution in [3.05, 3.63) is 35.4 Å². The number of halogens is 3. The number of alkyl halides is 3. The highest BCUT2D eigenvalue weighted by molar-refractivity contribution is 5.79. The van der Waals surface area contributed by atoms with Crippen molar-refractivity contribution < 1.29 is 13.2 Å². The van der Waals surface area contributed by atoms with Gasteiger partial charge in [-0.1, -0.05) is 24.3 Å². The Morgan fingerprint density at radius 2 is 2.04 bits per heavy atom. The monoisotopic (exact) mass is 339 g/mol. The molecule has 6 heteroatoms. The number of aliphatic imine (C=N–C) groups is 1. The molecule has 1 aromatic carbocycles. The third-order valence-corrected chi connectivity index (χ3v) is 5.00. The molecule has 0 bridgehead atoms. The molecule has 2 N–H and O–H groups in total.